The standard InChI is InChI=1S/C31H35F3NO2/c1-30(2,3)24-11-6-21(7-12-24)10-15-27-26-19-29(37-5)28(36-4)18-23(26)16-17-35(27)20-22-8-13-25(14-9-22)31(32,33)34/h6-9,11-14,18-19H,10,15-17,20H2,1-5H3/q+1. The summed E-state index contributed by atoms with van der Waals surface area (Å²) in [5.74, 6) is 1.37. The summed E-state index contributed by atoms with van der Waals surface area (Å²) in [5, 5.41) is 0. The van der Waals surface area contributed by atoms with Gasteiger partial charge in [0.05, 0.1) is 19.8 Å². The van der Waals surface area contributed by atoms with Crippen molar-refractivity contribution >= 4 is 5.71 Å². The van der Waals surface area contributed by atoms with E-state index in [0.717, 1.165) is 49.1 Å². The summed E-state index contributed by atoms with van der Waals surface area (Å²) < 4.78 is 52.6. The Kier molecular flexibility index (Phi) is 7.67. The molecular formula is C31H35F3NO2+. The Morgan fingerprint density at radius 3 is 1.89 bits per heavy atom. The Bertz CT molecular complexity index is 1270. The molecule has 0 radical (unpaired) electrons. The number of hydrogen-bond acceptors (Lipinski definition) is 2. The highest BCUT2D eigenvalue weighted by molar-refractivity contribution is 5.99. The Morgan fingerprint density at radius 2 is 1.32 bits per heavy atom. The van der Waals surface area contributed by atoms with Gasteiger partial charge in [0.1, 0.15) is 6.54 Å². The predicted molar refractivity (Wildman–Crippen MR) is 141 cm³/mol. The number of alkyl halides is 3. The molecule has 196 valence electrons. The van der Waals surface area contributed by atoms with Gasteiger partial charge in [-0.3, -0.25) is 0 Å². The third-order valence-electron chi connectivity index (χ3n) is 7.08. The fraction of sp³-hybridized carbons (Fsp3) is 0.387. The zero-order chi connectivity index (χ0) is 26.8. The van der Waals surface area contributed by atoms with Gasteiger partial charge in [-0.2, -0.15) is 13.2 Å². The van der Waals surface area contributed by atoms with Crippen molar-refractivity contribution in [3.8, 4) is 11.5 Å². The smallest absolute Gasteiger partial charge is 0.416 e. The van der Waals surface area contributed by atoms with E-state index in [1.807, 2.05) is 12.1 Å². The zero-order valence-electron chi connectivity index (χ0n) is 22.2. The van der Waals surface area contributed by atoms with Crippen molar-refractivity contribution in [1.82, 2.24) is 0 Å². The van der Waals surface area contributed by atoms with Crippen molar-refractivity contribution in [2.75, 3.05) is 20.8 Å². The highest BCUT2D eigenvalue weighted by atomic mass is 19.4. The van der Waals surface area contributed by atoms with Crippen LogP contribution in [-0.4, -0.2) is 31.1 Å². The molecule has 0 aliphatic carbocycles. The van der Waals surface area contributed by atoms with Crippen molar-refractivity contribution in [3.05, 3.63) is 94.0 Å². The van der Waals surface area contributed by atoms with Crippen molar-refractivity contribution in [1.29, 1.82) is 0 Å². The fourth-order valence-corrected chi connectivity index (χ4v) is 4.88. The van der Waals surface area contributed by atoms with Crippen LogP contribution in [0.25, 0.3) is 0 Å². The number of fused-ring (bicyclic) bond motifs is 1. The van der Waals surface area contributed by atoms with E-state index < -0.39 is 11.7 Å². The molecular weight excluding hydrogens is 475 g/mol. The van der Waals surface area contributed by atoms with Gasteiger partial charge in [-0.25, -0.2) is 4.58 Å². The van der Waals surface area contributed by atoms with Gasteiger partial charge in [-0.1, -0.05) is 57.2 Å². The van der Waals surface area contributed by atoms with Crippen molar-refractivity contribution in [2.24, 2.45) is 0 Å². The average Bonchev–Trinajstić information content (AvgIpc) is 2.86. The molecule has 0 bridgehead atoms. The lowest BCUT2D eigenvalue weighted by atomic mass is 9.86. The maximum atomic E-state index is 13.1. The quantitative estimate of drug-likeness (QED) is 0.313. The minimum Gasteiger partial charge on any atom is -0.493 e. The number of nitrogens with zero attached hydrogens (tertiary/aromatic N) is 1. The Hall–Kier alpha value is -3.28. The van der Waals surface area contributed by atoms with Crippen LogP contribution in [0.2, 0.25) is 0 Å². The van der Waals surface area contributed by atoms with Gasteiger partial charge in [-0.15, -0.1) is 0 Å². The first-order chi connectivity index (χ1) is 17.5. The lowest BCUT2D eigenvalue weighted by Crippen LogP contribution is -2.30. The van der Waals surface area contributed by atoms with E-state index >= 15 is 0 Å². The Morgan fingerprint density at radius 1 is 0.757 bits per heavy atom. The van der Waals surface area contributed by atoms with Gasteiger partial charge in [-0.05, 0) is 52.8 Å². The third-order valence-corrected chi connectivity index (χ3v) is 7.08. The lowest BCUT2D eigenvalue weighted by molar-refractivity contribution is -0.545. The van der Waals surface area contributed by atoms with Gasteiger partial charge in [0.2, 0.25) is 0 Å². The molecule has 3 nitrogen and oxygen atoms in total. The molecule has 0 amide bonds. The molecule has 1 aliphatic rings. The van der Waals surface area contributed by atoms with Gasteiger partial charge in [0.15, 0.2) is 23.8 Å². The molecule has 37 heavy (non-hydrogen) atoms. The van der Waals surface area contributed by atoms with Crippen LogP contribution in [0.5, 0.6) is 11.5 Å². The molecule has 0 N–H and O–H groups in total. The molecule has 0 saturated carbocycles. The first kappa shape index (κ1) is 26.8. The van der Waals surface area contributed by atoms with E-state index in [9.17, 15) is 13.2 Å². The van der Waals surface area contributed by atoms with Gasteiger partial charge in [0.25, 0.3) is 0 Å². The van der Waals surface area contributed by atoms with Gasteiger partial charge < -0.3 is 9.47 Å². The second-order valence-electron chi connectivity index (χ2n) is 10.6. The second kappa shape index (κ2) is 10.6. The third kappa shape index (κ3) is 6.17. The van der Waals surface area contributed by atoms with Crippen molar-refractivity contribution < 1.29 is 27.2 Å². The number of rotatable bonds is 7. The molecule has 0 saturated heterocycles. The van der Waals surface area contributed by atoms with Crippen LogP contribution in [0.3, 0.4) is 0 Å². The first-order valence-electron chi connectivity index (χ1n) is 12.6. The van der Waals surface area contributed by atoms with E-state index in [1.54, 1.807) is 26.4 Å². The van der Waals surface area contributed by atoms with Crippen LogP contribution < -0.4 is 9.47 Å². The zero-order valence-corrected chi connectivity index (χ0v) is 22.2. The van der Waals surface area contributed by atoms with E-state index in [1.165, 1.54) is 22.4 Å². The van der Waals surface area contributed by atoms with Crippen molar-refractivity contribution in [2.45, 2.75) is 58.2 Å². The highest BCUT2D eigenvalue weighted by Crippen LogP contribution is 2.34. The average molecular weight is 511 g/mol. The summed E-state index contributed by atoms with van der Waals surface area (Å²) in [7, 11) is 3.26. The summed E-state index contributed by atoms with van der Waals surface area (Å²) in [5.41, 5.74) is 6.35. The summed E-state index contributed by atoms with van der Waals surface area (Å²) in [6.07, 6.45) is -1.85. The Balaban J connectivity index is 1.68. The second-order valence-corrected chi connectivity index (χ2v) is 10.6. The molecule has 6 heteroatoms. The molecule has 0 aromatic heterocycles. The summed E-state index contributed by atoms with van der Waals surface area (Å²) in [4.78, 5) is 0. The minimum atomic E-state index is -4.34. The molecule has 3 aromatic carbocycles. The maximum absolute atomic E-state index is 13.1. The van der Waals surface area contributed by atoms with E-state index in [2.05, 4.69) is 49.6 Å². The van der Waals surface area contributed by atoms with Crippen LogP contribution in [0.4, 0.5) is 13.2 Å². The van der Waals surface area contributed by atoms with Crippen LogP contribution in [0.1, 0.15) is 60.6 Å². The van der Waals surface area contributed by atoms with Crippen molar-refractivity contribution in [3.63, 3.8) is 0 Å². The maximum Gasteiger partial charge on any atom is 0.416 e. The summed E-state index contributed by atoms with van der Waals surface area (Å²) in [6, 6.07) is 18.3. The van der Waals surface area contributed by atoms with Crippen LogP contribution in [0, 0.1) is 0 Å². The minimum absolute atomic E-state index is 0.101. The largest absolute Gasteiger partial charge is 0.493 e. The molecule has 0 fully saturated rings. The normalized spacial score (nSPS) is 13.9. The van der Waals surface area contributed by atoms with Crippen LogP contribution >= 0.6 is 0 Å². The monoisotopic (exact) mass is 510 g/mol. The number of aryl methyl sites for hydroxylation is 1. The van der Waals surface area contributed by atoms with E-state index in [4.69, 9.17) is 9.47 Å². The molecule has 4 rings (SSSR count). The molecule has 3 aromatic rings. The van der Waals surface area contributed by atoms with E-state index in [-0.39, 0.29) is 5.41 Å². The number of ether oxygens (including phenoxy) is 2. The van der Waals surface area contributed by atoms with Crippen LogP contribution in [-0.2, 0) is 31.0 Å². The summed E-state index contributed by atoms with van der Waals surface area (Å²) >= 11 is 0. The molecule has 0 atom stereocenters. The van der Waals surface area contributed by atoms with Gasteiger partial charge >= 0.3 is 6.18 Å². The number of benzene rings is 3. The molecule has 0 unspecified atom stereocenters. The number of methoxy groups -OCH3 is 2. The number of halogens is 3. The fourth-order valence-electron chi connectivity index (χ4n) is 4.88. The van der Waals surface area contributed by atoms with Crippen LogP contribution in [0.15, 0.2) is 60.7 Å². The van der Waals surface area contributed by atoms with Gasteiger partial charge in [0, 0.05) is 24.0 Å². The summed E-state index contributed by atoms with van der Waals surface area (Å²) in [6.45, 7) is 7.94. The first-order valence-corrected chi connectivity index (χ1v) is 12.6. The molecule has 1 aliphatic heterocycles. The topological polar surface area (TPSA) is 21.5 Å². The Labute approximate surface area is 217 Å². The SMILES string of the molecule is COc1cc2c(cc1OC)C(CCc1ccc(C(C)(C)C)cc1)=[N+](Cc1ccc(C(F)(F)F)cc1)CC2. The predicted octanol–water partition coefficient (Wildman–Crippen LogP) is 7.21. The number of hydrogen-bond donors (Lipinski definition) is 0. The lowest BCUT2D eigenvalue weighted by Gasteiger charge is -2.21. The van der Waals surface area contributed by atoms with E-state index in [0.29, 0.717) is 18.0 Å². The highest BCUT2D eigenvalue weighted by Gasteiger charge is 2.31. The molecule has 1 heterocycles. The molecule has 0 spiro atoms.